The van der Waals surface area contributed by atoms with Crippen LogP contribution in [0.3, 0.4) is 0 Å². The molecule has 0 atom stereocenters. The highest BCUT2D eigenvalue weighted by Gasteiger charge is 2.15. The van der Waals surface area contributed by atoms with E-state index in [0.717, 1.165) is 72.1 Å². The van der Waals surface area contributed by atoms with Crippen molar-refractivity contribution in [2.45, 2.75) is 0 Å². The van der Waals surface area contributed by atoms with Crippen LogP contribution in [0.4, 0.5) is 17.1 Å². The average Bonchev–Trinajstić information content (AvgIpc) is 3.05. The highest BCUT2D eigenvalue weighted by atomic mass is 15.1. The first kappa shape index (κ1) is 23.2. The van der Waals surface area contributed by atoms with Crippen LogP contribution in [0.25, 0.3) is 55.0 Å². The Balaban J connectivity index is 1.24. The number of rotatable bonds is 4. The molecule has 0 N–H and O–H groups in total. The minimum Gasteiger partial charge on any atom is -0.311 e. The monoisotopic (exact) mass is 525 g/mol. The minimum absolute atomic E-state index is 0.843. The Labute approximate surface area is 236 Å². The van der Waals surface area contributed by atoms with Crippen molar-refractivity contribution in [3.63, 3.8) is 0 Å². The van der Waals surface area contributed by atoms with Crippen LogP contribution in [0.5, 0.6) is 0 Å². The lowest BCUT2D eigenvalue weighted by Gasteiger charge is -2.25. The van der Waals surface area contributed by atoms with Gasteiger partial charge in [0.05, 0.1) is 33.1 Å². The van der Waals surface area contributed by atoms with Crippen LogP contribution in [0.1, 0.15) is 0 Å². The Bertz CT molecular complexity index is 2160. The number of para-hydroxylation sites is 2. The molecule has 0 unspecified atom stereocenters. The van der Waals surface area contributed by atoms with Crippen LogP contribution in [-0.4, -0.2) is 19.9 Å². The Morgan fingerprint density at radius 1 is 0.390 bits per heavy atom. The first-order valence-corrected chi connectivity index (χ1v) is 13.6. The van der Waals surface area contributed by atoms with E-state index in [1.165, 1.54) is 0 Å². The summed E-state index contributed by atoms with van der Waals surface area (Å²) >= 11 is 0. The summed E-state index contributed by atoms with van der Waals surface area (Å²) in [7, 11) is 0. The molecule has 0 saturated heterocycles. The van der Waals surface area contributed by atoms with E-state index in [4.69, 9.17) is 9.97 Å². The largest absolute Gasteiger partial charge is 0.311 e. The summed E-state index contributed by atoms with van der Waals surface area (Å²) in [4.78, 5) is 21.7. The molecular weight excluding hydrogens is 502 g/mol. The van der Waals surface area contributed by atoms with Gasteiger partial charge in [0.25, 0.3) is 0 Å². The van der Waals surface area contributed by atoms with Crippen LogP contribution in [-0.2, 0) is 0 Å². The maximum atomic E-state index is 5.13. The zero-order valence-electron chi connectivity index (χ0n) is 22.0. The van der Waals surface area contributed by atoms with Gasteiger partial charge in [-0.05, 0) is 83.9 Å². The standard InChI is InChI=1S/C36H23N5/c1-3-9-26(10-4-1)41(27-11-5-2-6-12-27)28-18-15-24(16-19-28)25-17-20-31-32(23-25)40-36-30-14-8-22-38-34(30)33-29(35(36)39-31)13-7-21-37-33/h1-23H. The Morgan fingerprint density at radius 2 is 0.902 bits per heavy atom. The first-order valence-electron chi connectivity index (χ1n) is 13.6. The van der Waals surface area contributed by atoms with E-state index in [1.54, 1.807) is 12.4 Å². The fourth-order valence-electron chi connectivity index (χ4n) is 5.58. The smallest absolute Gasteiger partial charge is 0.0996 e. The van der Waals surface area contributed by atoms with Crippen LogP contribution in [0.15, 0.2) is 140 Å². The van der Waals surface area contributed by atoms with Crippen molar-refractivity contribution < 1.29 is 0 Å². The molecule has 0 bridgehead atoms. The normalized spacial score (nSPS) is 11.4. The van der Waals surface area contributed by atoms with Crippen molar-refractivity contribution in [3.05, 3.63) is 140 Å². The van der Waals surface area contributed by atoms with Crippen LogP contribution in [0, 0.1) is 0 Å². The number of fused-ring (bicyclic) bond motifs is 7. The van der Waals surface area contributed by atoms with Gasteiger partial charge in [0.15, 0.2) is 0 Å². The van der Waals surface area contributed by atoms with Gasteiger partial charge in [-0.25, -0.2) is 9.97 Å². The van der Waals surface area contributed by atoms with Crippen LogP contribution >= 0.6 is 0 Å². The molecule has 5 nitrogen and oxygen atoms in total. The lowest BCUT2D eigenvalue weighted by Crippen LogP contribution is -2.09. The molecule has 0 saturated carbocycles. The Hall–Kier alpha value is -5.68. The molecule has 8 rings (SSSR count). The average molecular weight is 526 g/mol. The summed E-state index contributed by atoms with van der Waals surface area (Å²) in [6.07, 6.45) is 3.60. The van der Waals surface area contributed by atoms with E-state index in [2.05, 4.69) is 106 Å². The molecule has 3 aromatic heterocycles. The van der Waals surface area contributed by atoms with E-state index in [9.17, 15) is 0 Å². The molecule has 0 amide bonds. The Morgan fingerprint density at radius 3 is 1.49 bits per heavy atom. The summed E-state index contributed by atoms with van der Waals surface area (Å²) in [5.74, 6) is 0. The second-order valence-electron chi connectivity index (χ2n) is 9.98. The molecule has 0 aliphatic rings. The van der Waals surface area contributed by atoms with Crippen molar-refractivity contribution in [2.24, 2.45) is 0 Å². The predicted octanol–water partition coefficient (Wildman–Crippen LogP) is 9.02. The fraction of sp³-hybridized carbons (Fsp3) is 0. The third-order valence-corrected chi connectivity index (χ3v) is 7.50. The van der Waals surface area contributed by atoms with Crippen LogP contribution < -0.4 is 4.90 Å². The van der Waals surface area contributed by atoms with Gasteiger partial charge in [-0.2, -0.15) is 0 Å². The Kier molecular flexibility index (Phi) is 5.38. The summed E-state index contributed by atoms with van der Waals surface area (Å²) in [5.41, 5.74) is 10.6. The maximum absolute atomic E-state index is 5.13. The van der Waals surface area contributed by atoms with Crippen molar-refractivity contribution in [1.82, 2.24) is 19.9 Å². The molecule has 0 aliphatic carbocycles. The quantitative estimate of drug-likeness (QED) is 0.169. The molecule has 41 heavy (non-hydrogen) atoms. The third-order valence-electron chi connectivity index (χ3n) is 7.50. The van der Waals surface area contributed by atoms with Crippen molar-refractivity contribution in [2.75, 3.05) is 4.90 Å². The topological polar surface area (TPSA) is 54.8 Å². The molecule has 5 aromatic carbocycles. The highest BCUT2D eigenvalue weighted by molar-refractivity contribution is 6.21. The van der Waals surface area contributed by atoms with E-state index in [0.29, 0.717) is 0 Å². The maximum Gasteiger partial charge on any atom is 0.0996 e. The van der Waals surface area contributed by atoms with Crippen molar-refractivity contribution in [3.8, 4) is 11.1 Å². The zero-order valence-corrected chi connectivity index (χ0v) is 22.0. The second kappa shape index (κ2) is 9.50. The number of pyridine rings is 2. The van der Waals surface area contributed by atoms with Crippen LogP contribution in [0.2, 0.25) is 0 Å². The zero-order chi connectivity index (χ0) is 27.2. The van der Waals surface area contributed by atoms with Gasteiger partial charge in [0, 0.05) is 40.2 Å². The van der Waals surface area contributed by atoms with Gasteiger partial charge in [0.2, 0.25) is 0 Å². The molecule has 3 heterocycles. The summed E-state index contributed by atoms with van der Waals surface area (Å²) in [6.45, 7) is 0. The summed E-state index contributed by atoms with van der Waals surface area (Å²) in [6, 6.07) is 43.8. The van der Waals surface area contributed by atoms with Crippen molar-refractivity contribution >= 4 is 60.9 Å². The summed E-state index contributed by atoms with van der Waals surface area (Å²) in [5, 5.41) is 1.92. The summed E-state index contributed by atoms with van der Waals surface area (Å²) < 4.78 is 0. The lowest BCUT2D eigenvalue weighted by molar-refractivity contribution is 1.28. The molecule has 192 valence electrons. The minimum atomic E-state index is 0.843. The third kappa shape index (κ3) is 3.95. The number of anilines is 3. The lowest BCUT2D eigenvalue weighted by atomic mass is 10.0. The van der Waals surface area contributed by atoms with Gasteiger partial charge in [-0.3, -0.25) is 9.97 Å². The number of hydrogen-bond donors (Lipinski definition) is 0. The van der Waals surface area contributed by atoms with Gasteiger partial charge in [-0.15, -0.1) is 0 Å². The van der Waals surface area contributed by atoms with Gasteiger partial charge < -0.3 is 4.90 Å². The second-order valence-corrected chi connectivity index (χ2v) is 9.98. The number of hydrogen-bond acceptors (Lipinski definition) is 5. The molecular formula is C36H23N5. The number of aromatic nitrogens is 4. The van der Waals surface area contributed by atoms with E-state index in [1.807, 2.05) is 36.4 Å². The molecule has 5 heteroatoms. The van der Waals surface area contributed by atoms with E-state index < -0.39 is 0 Å². The van der Waals surface area contributed by atoms with Gasteiger partial charge in [-0.1, -0.05) is 54.6 Å². The van der Waals surface area contributed by atoms with Gasteiger partial charge >= 0.3 is 0 Å². The highest BCUT2D eigenvalue weighted by Crippen LogP contribution is 2.36. The molecule has 0 aliphatic heterocycles. The molecule has 0 spiro atoms. The van der Waals surface area contributed by atoms with Gasteiger partial charge in [0.1, 0.15) is 0 Å². The molecule has 8 aromatic rings. The fourth-order valence-corrected chi connectivity index (χ4v) is 5.58. The molecule has 0 radical (unpaired) electrons. The number of nitrogens with zero attached hydrogens (tertiary/aromatic N) is 5. The van der Waals surface area contributed by atoms with E-state index >= 15 is 0 Å². The van der Waals surface area contributed by atoms with Crippen molar-refractivity contribution in [1.29, 1.82) is 0 Å². The van der Waals surface area contributed by atoms with E-state index in [-0.39, 0.29) is 0 Å². The first-order chi connectivity index (χ1) is 20.3. The predicted molar refractivity (Wildman–Crippen MR) is 168 cm³/mol. The SMILES string of the molecule is c1ccc(N(c2ccccc2)c2ccc(-c3ccc4nc5c6cccnc6c6ncccc6c5nc4c3)cc2)cc1. The molecule has 0 fully saturated rings. The number of benzene rings is 5.